The SMILES string of the molecule is CCOCCOCC(=O)CCC(CCC(=O)CC(CCC(C)=O)C(C)=O)C(=O)O. The quantitative estimate of drug-likeness (QED) is 0.320. The van der Waals surface area contributed by atoms with E-state index < -0.39 is 17.8 Å². The number of carbonyl (C=O) groups excluding carboxylic acids is 4. The van der Waals surface area contributed by atoms with Crippen molar-refractivity contribution < 1.29 is 38.6 Å². The molecule has 2 atom stereocenters. The molecule has 0 aliphatic carbocycles. The highest BCUT2D eigenvalue weighted by molar-refractivity contribution is 5.87. The molecule has 0 aromatic carbocycles. The highest BCUT2D eigenvalue weighted by atomic mass is 16.5. The van der Waals surface area contributed by atoms with Crippen LogP contribution in [0.5, 0.6) is 0 Å². The van der Waals surface area contributed by atoms with Crippen molar-refractivity contribution in [1.29, 1.82) is 0 Å². The van der Waals surface area contributed by atoms with Crippen LogP contribution >= 0.6 is 0 Å². The zero-order valence-electron chi connectivity index (χ0n) is 17.7. The molecule has 2 unspecified atom stereocenters. The first-order valence-corrected chi connectivity index (χ1v) is 10.1. The lowest BCUT2D eigenvalue weighted by molar-refractivity contribution is -0.142. The van der Waals surface area contributed by atoms with Gasteiger partial charge in [0.2, 0.25) is 0 Å². The molecule has 0 rings (SSSR count). The molecule has 0 heterocycles. The molecule has 0 bridgehead atoms. The zero-order chi connectivity index (χ0) is 22.2. The summed E-state index contributed by atoms with van der Waals surface area (Å²) in [6.45, 7) is 5.86. The lowest BCUT2D eigenvalue weighted by atomic mass is 9.89. The Hall–Kier alpha value is -1.93. The first kappa shape index (κ1) is 27.1. The Morgan fingerprint density at radius 1 is 0.793 bits per heavy atom. The summed E-state index contributed by atoms with van der Waals surface area (Å²) in [6.07, 6.45) is 0.928. The minimum atomic E-state index is -1.05. The highest BCUT2D eigenvalue weighted by Gasteiger charge is 2.23. The van der Waals surface area contributed by atoms with E-state index in [1.807, 2.05) is 6.92 Å². The predicted octanol–water partition coefficient (Wildman–Crippen LogP) is 2.40. The van der Waals surface area contributed by atoms with Crippen LogP contribution in [0.4, 0.5) is 0 Å². The maximum atomic E-state index is 12.2. The largest absolute Gasteiger partial charge is 0.481 e. The first-order chi connectivity index (χ1) is 13.7. The molecule has 0 aromatic heterocycles. The third-order valence-corrected chi connectivity index (χ3v) is 4.63. The number of hydrogen-bond acceptors (Lipinski definition) is 7. The molecule has 0 saturated heterocycles. The highest BCUT2D eigenvalue weighted by Crippen LogP contribution is 2.19. The van der Waals surface area contributed by atoms with Gasteiger partial charge < -0.3 is 19.4 Å². The molecule has 29 heavy (non-hydrogen) atoms. The standard InChI is InChI=1S/C21H34O8/c1-4-28-11-12-29-14-20(25)10-8-17(21(26)27)7-9-19(24)13-18(16(3)23)6-5-15(2)22/h17-18H,4-14H2,1-3H3,(H,26,27). The molecule has 166 valence electrons. The summed E-state index contributed by atoms with van der Waals surface area (Å²) >= 11 is 0. The van der Waals surface area contributed by atoms with Crippen molar-refractivity contribution in [1.82, 2.24) is 0 Å². The van der Waals surface area contributed by atoms with Crippen molar-refractivity contribution >= 4 is 29.1 Å². The van der Waals surface area contributed by atoms with E-state index in [-0.39, 0.29) is 68.3 Å². The predicted molar refractivity (Wildman–Crippen MR) is 106 cm³/mol. The van der Waals surface area contributed by atoms with Crippen LogP contribution in [0.1, 0.15) is 65.7 Å². The Morgan fingerprint density at radius 3 is 1.86 bits per heavy atom. The van der Waals surface area contributed by atoms with Crippen LogP contribution in [0.3, 0.4) is 0 Å². The lowest BCUT2D eigenvalue weighted by Crippen LogP contribution is -2.20. The van der Waals surface area contributed by atoms with Gasteiger partial charge in [-0.15, -0.1) is 0 Å². The molecule has 1 N–H and O–H groups in total. The van der Waals surface area contributed by atoms with E-state index in [0.29, 0.717) is 26.2 Å². The van der Waals surface area contributed by atoms with E-state index in [9.17, 15) is 29.1 Å². The second kappa shape index (κ2) is 15.9. The molecule has 0 spiro atoms. The van der Waals surface area contributed by atoms with Crippen molar-refractivity contribution in [3.8, 4) is 0 Å². The van der Waals surface area contributed by atoms with Gasteiger partial charge in [-0.1, -0.05) is 0 Å². The molecule has 0 aliphatic heterocycles. The monoisotopic (exact) mass is 414 g/mol. The van der Waals surface area contributed by atoms with Crippen LogP contribution in [-0.2, 0) is 33.4 Å². The van der Waals surface area contributed by atoms with Gasteiger partial charge in [-0.3, -0.25) is 19.2 Å². The summed E-state index contributed by atoms with van der Waals surface area (Å²) < 4.78 is 10.2. The Morgan fingerprint density at radius 2 is 1.34 bits per heavy atom. The number of Topliss-reactive ketones (excluding diaryl/α,β-unsaturated/α-hetero) is 4. The maximum absolute atomic E-state index is 12.2. The van der Waals surface area contributed by atoms with Crippen molar-refractivity contribution in [2.75, 3.05) is 26.4 Å². The van der Waals surface area contributed by atoms with E-state index >= 15 is 0 Å². The molecular formula is C21H34O8. The number of hydrogen-bond donors (Lipinski definition) is 1. The Labute approximate surface area is 172 Å². The van der Waals surface area contributed by atoms with Gasteiger partial charge in [0.25, 0.3) is 0 Å². The topological polar surface area (TPSA) is 124 Å². The lowest BCUT2D eigenvalue weighted by Gasteiger charge is -2.14. The summed E-state index contributed by atoms with van der Waals surface area (Å²) in [4.78, 5) is 58.1. The zero-order valence-corrected chi connectivity index (χ0v) is 17.7. The van der Waals surface area contributed by atoms with Gasteiger partial charge in [0.15, 0.2) is 5.78 Å². The number of rotatable bonds is 19. The van der Waals surface area contributed by atoms with Gasteiger partial charge in [-0.25, -0.2) is 0 Å². The fourth-order valence-corrected chi connectivity index (χ4v) is 2.79. The van der Waals surface area contributed by atoms with Gasteiger partial charge >= 0.3 is 5.97 Å². The van der Waals surface area contributed by atoms with Crippen LogP contribution in [0, 0.1) is 11.8 Å². The Kier molecular flexibility index (Phi) is 14.9. The van der Waals surface area contributed by atoms with Crippen LogP contribution < -0.4 is 0 Å². The van der Waals surface area contributed by atoms with Crippen molar-refractivity contribution in [3.05, 3.63) is 0 Å². The summed E-state index contributed by atoms with van der Waals surface area (Å²) in [5.41, 5.74) is 0. The molecule has 8 heteroatoms. The third-order valence-electron chi connectivity index (χ3n) is 4.63. The van der Waals surface area contributed by atoms with Gasteiger partial charge in [0, 0.05) is 38.2 Å². The molecular weight excluding hydrogens is 380 g/mol. The van der Waals surface area contributed by atoms with Gasteiger partial charge in [0.1, 0.15) is 24.0 Å². The van der Waals surface area contributed by atoms with Crippen LogP contribution in [0.25, 0.3) is 0 Å². The number of carboxylic acid groups (broad SMARTS) is 1. The van der Waals surface area contributed by atoms with Gasteiger partial charge in [-0.2, -0.15) is 0 Å². The summed E-state index contributed by atoms with van der Waals surface area (Å²) in [5, 5.41) is 9.33. The van der Waals surface area contributed by atoms with E-state index in [2.05, 4.69) is 0 Å². The van der Waals surface area contributed by atoms with Gasteiger partial charge in [0.05, 0.1) is 19.1 Å². The average Bonchev–Trinajstić information content (AvgIpc) is 2.64. The minimum absolute atomic E-state index is 0.0154. The minimum Gasteiger partial charge on any atom is -0.481 e. The van der Waals surface area contributed by atoms with E-state index in [4.69, 9.17) is 9.47 Å². The third kappa shape index (κ3) is 14.7. The molecule has 0 aliphatic rings. The van der Waals surface area contributed by atoms with E-state index in [1.54, 1.807) is 0 Å². The molecule has 0 radical (unpaired) electrons. The normalized spacial score (nSPS) is 12.9. The Balaban J connectivity index is 4.32. The second-order valence-electron chi connectivity index (χ2n) is 7.19. The van der Waals surface area contributed by atoms with Crippen molar-refractivity contribution in [2.24, 2.45) is 11.8 Å². The van der Waals surface area contributed by atoms with Gasteiger partial charge in [-0.05, 0) is 40.0 Å². The van der Waals surface area contributed by atoms with Crippen molar-refractivity contribution in [3.63, 3.8) is 0 Å². The van der Waals surface area contributed by atoms with Crippen LogP contribution in [0.15, 0.2) is 0 Å². The molecule has 0 saturated carbocycles. The Bertz CT molecular complexity index is 555. The molecule has 0 aromatic rings. The molecule has 8 nitrogen and oxygen atoms in total. The summed E-state index contributed by atoms with van der Waals surface area (Å²) in [7, 11) is 0. The first-order valence-electron chi connectivity index (χ1n) is 10.1. The number of carboxylic acids is 1. The number of ether oxygens (including phenoxy) is 2. The summed E-state index contributed by atoms with van der Waals surface area (Å²) in [5.74, 6) is -2.96. The van der Waals surface area contributed by atoms with E-state index in [1.165, 1.54) is 13.8 Å². The van der Waals surface area contributed by atoms with Crippen molar-refractivity contribution in [2.45, 2.75) is 65.7 Å². The fourth-order valence-electron chi connectivity index (χ4n) is 2.79. The van der Waals surface area contributed by atoms with E-state index in [0.717, 1.165) is 0 Å². The number of aliphatic carboxylic acids is 1. The number of ketones is 4. The molecule has 0 fully saturated rings. The fraction of sp³-hybridized carbons (Fsp3) is 0.762. The maximum Gasteiger partial charge on any atom is 0.306 e. The second-order valence-corrected chi connectivity index (χ2v) is 7.19. The number of carbonyl (C=O) groups is 5. The van der Waals surface area contributed by atoms with Crippen LogP contribution in [0.2, 0.25) is 0 Å². The summed E-state index contributed by atoms with van der Waals surface area (Å²) in [6, 6.07) is 0. The average molecular weight is 414 g/mol. The molecule has 0 amide bonds. The smallest absolute Gasteiger partial charge is 0.306 e. The van der Waals surface area contributed by atoms with Crippen LogP contribution in [-0.4, -0.2) is 60.6 Å².